The number of hydrogen-bond donors (Lipinski definition) is 1. The van der Waals surface area contributed by atoms with E-state index >= 15 is 0 Å². The highest BCUT2D eigenvalue weighted by Crippen LogP contribution is 2.18. The summed E-state index contributed by atoms with van der Waals surface area (Å²) >= 11 is 0. The van der Waals surface area contributed by atoms with Crippen molar-refractivity contribution in [3.05, 3.63) is 89.4 Å². The van der Waals surface area contributed by atoms with Crippen molar-refractivity contribution in [2.24, 2.45) is 0 Å². The van der Waals surface area contributed by atoms with Crippen LogP contribution in [0.4, 0.5) is 5.69 Å². The normalized spacial score (nSPS) is 10.6. The van der Waals surface area contributed by atoms with E-state index in [2.05, 4.69) is 5.32 Å². The summed E-state index contributed by atoms with van der Waals surface area (Å²) in [5, 5.41) is 2.75. The van der Waals surface area contributed by atoms with Crippen molar-refractivity contribution in [2.45, 2.75) is 13.1 Å². The fourth-order valence-electron chi connectivity index (χ4n) is 3.21. The molecular weight excluding hydrogens is 412 g/mol. The van der Waals surface area contributed by atoms with Gasteiger partial charge in [-0.3, -0.25) is 9.69 Å². The molecule has 8 nitrogen and oxygen atoms in total. The second kappa shape index (κ2) is 10.9. The molecule has 0 fully saturated rings. The van der Waals surface area contributed by atoms with Gasteiger partial charge in [-0.15, -0.1) is 0 Å². The van der Waals surface area contributed by atoms with E-state index in [1.165, 1.54) is 32.4 Å². The highest BCUT2D eigenvalue weighted by molar-refractivity contribution is 5.99. The lowest BCUT2D eigenvalue weighted by Gasteiger charge is -2.21. The number of amides is 1. The molecule has 1 aromatic heterocycles. The Kier molecular flexibility index (Phi) is 7.77. The van der Waals surface area contributed by atoms with Gasteiger partial charge in [0.2, 0.25) is 5.91 Å². The van der Waals surface area contributed by atoms with Crippen LogP contribution in [0.15, 0.2) is 71.3 Å². The van der Waals surface area contributed by atoms with Crippen LogP contribution in [0, 0.1) is 0 Å². The first-order valence-electron chi connectivity index (χ1n) is 9.88. The Bertz CT molecular complexity index is 1030. The van der Waals surface area contributed by atoms with Crippen LogP contribution in [0.2, 0.25) is 0 Å². The predicted octanol–water partition coefficient (Wildman–Crippen LogP) is 3.49. The Morgan fingerprint density at radius 3 is 2.09 bits per heavy atom. The summed E-state index contributed by atoms with van der Waals surface area (Å²) in [6.45, 7) is 1.03. The van der Waals surface area contributed by atoms with Crippen molar-refractivity contribution in [3.8, 4) is 0 Å². The number of benzene rings is 2. The number of methoxy groups -OCH3 is 2. The largest absolute Gasteiger partial charge is 0.468 e. The highest BCUT2D eigenvalue weighted by atomic mass is 16.5. The number of nitrogens with one attached hydrogen (secondary N) is 1. The Balaban J connectivity index is 1.77. The average molecular weight is 436 g/mol. The van der Waals surface area contributed by atoms with Crippen molar-refractivity contribution in [2.75, 3.05) is 26.1 Å². The topological polar surface area (TPSA) is 98.1 Å². The van der Waals surface area contributed by atoms with Crippen LogP contribution < -0.4 is 5.32 Å². The molecule has 1 heterocycles. The van der Waals surface area contributed by atoms with E-state index in [-0.39, 0.29) is 29.3 Å². The second-order valence-electron chi connectivity index (χ2n) is 7.04. The van der Waals surface area contributed by atoms with E-state index in [4.69, 9.17) is 13.9 Å². The minimum atomic E-state index is -0.630. The number of furan rings is 1. The van der Waals surface area contributed by atoms with Crippen molar-refractivity contribution in [1.82, 2.24) is 4.90 Å². The fourth-order valence-corrected chi connectivity index (χ4v) is 3.21. The summed E-state index contributed by atoms with van der Waals surface area (Å²) in [7, 11) is 2.48. The minimum Gasteiger partial charge on any atom is -0.468 e. The fraction of sp³-hybridized carbons (Fsp3) is 0.208. The van der Waals surface area contributed by atoms with Gasteiger partial charge >= 0.3 is 11.9 Å². The molecule has 3 rings (SSSR count). The molecule has 0 aliphatic rings. The highest BCUT2D eigenvalue weighted by Gasteiger charge is 2.17. The zero-order chi connectivity index (χ0) is 22.9. The number of carbonyl (C=O) groups excluding carboxylic acids is 3. The Labute approximate surface area is 185 Å². The molecular formula is C24H24N2O6. The van der Waals surface area contributed by atoms with Gasteiger partial charge in [0.1, 0.15) is 5.76 Å². The Morgan fingerprint density at radius 1 is 0.875 bits per heavy atom. The van der Waals surface area contributed by atoms with Gasteiger partial charge in [0, 0.05) is 12.2 Å². The van der Waals surface area contributed by atoms with Crippen LogP contribution in [-0.4, -0.2) is 43.5 Å². The third-order valence-corrected chi connectivity index (χ3v) is 4.63. The molecule has 2 aromatic carbocycles. The molecule has 8 heteroatoms. The molecule has 0 aliphatic carbocycles. The molecule has 0 aliphatic heterocycles. The molecule has 0 unspecified atom stereocenters. The van der Waals surface area contributed by atoms with Crippen LogP contribution in [0.3, 0.4) is 0 Å². The van der Waals surface area contributed by atoms with Gasteiger partial charge in [-0.25, -0.2) is 9.59 Å². The van der Waals surface area contributed by atoms with Gasteiger partial charge in [0.15, 0.2) is 0 Å². The third kappa shape index (κ3) is 6.29. The van der Waals surface area contributed by atoms with Gasteiger partial charge in [0.25, 0.3) is 0 Å². The maximum atomic E-state index is 12.8. The third-order valence-electron chi connectivity index (χ3n) is 4.63. The lowest BCUT2D eigenvalue weighted by atomic mass is 10.1. The monoisotopic (exact) mass is 436 g/mol. The first-order valence-corrected chi connectivity index (χ1v) is 9.88. The number of anilines is 1. The molecule has 0 bridgehead atoms. The average Bonchev–Trinajstić information content (AvgIpc) is 3.31. The van der Waals surface area contributed by atoms with Crippen LogP contribution in [0.5, 0.6) is 0 Å². The van der Waals surface area contributed by atoms with Crippen LogP contribution >= 0.6 is 0 Å². The number of rotatable bonds is 9. The van der Waals surface area contributed by atoms with Gasteiger partial charge in [0.05, 0.1) is 44.7 Å². The van der Waals surface area contributed by atoms with Gasteiger partial charge in [-0.2, -0.15) is 0 Å². The second-order valence-corrected chi connectivity index (χ2v) is 7.04. The van der Waals surface area contributed by atoms with E-state index in [1.54, 1.807) is 12.3 Å². The number of ether oxygens (including phenoxy) is 2. The Hall–Kier alpha value is -3.91. The smallest absolute Gasteiger partial charge is 0.337 e. The lowest BCUT2D eigenvalue weighted by molar-refractivity contribution is -0.117. The summed E-state index contributed by atoms with van der Waals surface area (Å²) in [6.07, 6.45) is 1.59. The quantitative estimate of drug-likeness (QED) is 0.513. The minimum absolute atomic E-state index is 0.0611. The van der Waals surface area contributed by atoms with Crippen LogP contribution in [0.25, 0.3) is 0 Å². The van der Waals surface area contributed by atoms with Gasteiger partial charge in [-0.1, -0.05) is 30.3 Å². The molecule has 1 N–H and O–H groups in total. The molecule has 32 heavy (non-hydrogen) atoms. The first-order chi connectivity index (χ1) is 15.5. The van der Waals surface area contributed by atoms with Crippen LogP contribution in [0.1, 0.15) is 32.0 Å². The van der Waals surface area contributed by atoms with Crippen molar-refractivity contribution in [3.63, 3.8) is 0 Å². The number of hydrogen-bond acceptors (Lipinski definition) is 7. The molecule has 0 atom stereocenters. The summed E-state index contributed by atoms with van der Waals surface area (Å²) in [5.41, 5.74) is 1.59. The number of nitrogens with zero attached hydrogens (tertiary/aromatic N) is 1. The SMILES string of the molecule is COC(=O)c1cc(NC(=O)CN(Cc2ccccc2)Cc2ccco2)cc(C(=O)OC)c1. The molecule has 0 radical (unpaired) electrons. The summed E-state index contributed by atoms with van der Waals surface area (Å²) in [4.78, 5) is 38.7. The zero-order valence-electron chi connectivity index (χ0n) is 17.9. The molecule has 166 valence electrons. The standard InChI is InChI=1S/C24H24N2O6/c1-30-23(28)18-11-19(24(29)31-2)13-20(12-18)25-22(27)16-26(15-21-9-6-10-32-21)14-17-7-4-3-5-8-17/h3-13H,14-16H2,1-2H3,(H,25,27). The predicted molar refractivity (Wildman–Crippen MR) is 117 cm³/mol. The molecule has 0 saturated heterocycles. The van der Waals surface area contributed by atoms with E-state index in [1.807, 2.05) is 41.3 Å². The lowest BCUT2D eigenvalue weighted by Crippen LogP contribution is -2.32. The molecule has 0 spiro atoms. The van der Waals surface area contributed by atoms with Crippen LogP contribution in [-0.2, 0) is 27.4 Å². The molecule has 1 amide bonds. The summed E-state index contributed by atoms with van der Waals surface area (Å²) in [5.74, 6) is -0.843. The van der Waals surface area contributed by atoms with E-state index in [0.717, 1.165) is 11.3 Å². The number of esters is 2. The maximum absolute atomic E-state index is 12.8. The zero-order valence-corrected chi connectivity index (χ0v) is 17.9. The van der Waals surface area contributed by atoms with Gasteiger partial charge < -0.3 is 19.2 Å². The van der Waals surface area contributed by atoms with Gasteiger partial charge in [-0.05, 0) is 35.9 Å². The maximum Gasteiger partial charge on any atom is 0.337 e. The van der Waals surface area contributed by atoms with Crippen molar-refractivity contribution < 1.29 is 28.3 Å². The van der Waals surface area contributed by atoms with Crippen molar-refractivity contribution in [1.29, 1.82) is 0 Å². The van der Waals surface area contributed by atoms with E-state index in [9.17, 15) is 14.4 Å². The molecule has 0 saturated carbocycles. The summed E-state index contributed by atoms with van der Waals surface area (Å²) < 4.78 is 14.9. The van der Waals surface area contributed by atoms with E-state index in [0.29, 0.717) is 13.1 Å². The van der Waals surface area contributed by atoms with Crippen molar-refractivity contribution >= 4 is 23.5 Å². The Morgan fingerprint density at radius 2 is 1.53 bits per heavy atom. The summed E-state index contributed by atoms with van der Waals surface area (Å²) in [6, 6.07) is 17.7. The molecule has 3 aromatic rings. The first kappa shape index (κ1) is 22.8. The number of carbonyl (C=O) groups is 3. The van der Waals surface area contributed by atoms with E-state index < -0.39 is 11.9 Å².